The second kappa shape index (κ2) is 27.1. The largest absolute Gasteiger partial charge is 0.504 e. The fraction of sp³-hybridized carbons (Fsp3) is 0.176. The van der Waals surface area contributed by atoms with Crippen molar-refractivity contribution in [3.63, 3.8) is 0 Å². The highest BCUT2D eigenvalue weighted by molar-refractivity contribution is 6.12. The highest BCUT2D eigenvalue weighted by Gasteiger charge is 2.57. The third kappa shape index (κ3) is 12.0. The number of rotatable bonds is 6. The standard InChI is InChI=1S/C68H48O44/c69-20-1-12(2-27(38(20)77)104-28-9-19(37(76)52(91)45(28)84)66(101)112-67-54(93)53(92)55-29(105-67)10-102-60(95)13-3-21(70)39(78)46(85)31(13)33-15(62(97)107-55)5-23(72)41(80)48(33)87)59(94)111-68-58-57(109-64(99)17-7-25(74)43(82)50(89)35(17)36-18(65(100)110-58)8-26(75)44(83)51(36)90)56-30(106-68)11-103-61(96)14-4-22(71)40(79)47(86)32(14)34-16(63(98)108-56)6-24(73)42(81)49(34)88/h1-9,29-30,53-58,67-93H,10-11H2. The second-order valence-corrected chi connectivity index (χ2v) is 24.6. The van der Waals surface area contributed by atoms with Gasteiger partial charge >= 0.3 is 47.8 Å². The second-order valence-electron chi connectivity index (χ2n) is 24.6. The molecular weight excluding hydrogens is 1520 g/mol. The van der Waals surface area contributed by atoms with Gasteiger partial charge < -0.3 is 180 Å². The van der Waals surface area contributed by atoms with Crippen molar-refractivity contribution in [1.82, 2.24) is 0 Å². The molecule has 0 radical (unpaired) electrons. The third-order valence-electron chi connectivity index (χ3n) is 17.9. The van der Waals surface area contributed by atoms with Crippen LogP contribution in [0.25, 0.3) is 33.4 Å². The van der Waals surface area contributed by atoms with Crippen LogP contribution in [0, 0.1) is 0 Å². The van der Waals surface area contributed by atoms with Crippen molar-refractivity contribution in [2.24, 2.45) is 0 Å². The van der Waals surface area contributed by atoms with Crippen LogP contribution < -0.4 is 4.74 Å². The van der Waals surface area contributed by atoms with Crippen molar-refractivity contribution in [3.05, 3.63) is 99.1 Å². The Morgan fingerprint density at radius 1 is 0.295 bits per heavy atom. The molecule has 0 amide bonds. The number of phenolic OH excluding ortho intramolecular Hbond substituents is 23. The van der Waals surface area contributed by atoms with Gasteiger partial charge in [0.2, 0.25) is 70.4 Å². The highest BCUT2D eigenvalue weighted by atomic mass is 16.8. The molecule has 2 fully saturated rings. The minimum Gasteiger partial charge on any atom is -0.504 e. The number of cyclic esters (lactones) is 2. The number of carbonyl (C=O) groups is 8. The Hall–Kier alpha value is -15.4. The predicted molar refractivity (Wildman–Crippen MR) is 344 cm³/mol. The number of aromatic hydroxyl groups is 23. The normalized spacial score (nSPS) is 21.3. The molecule has 8 aromatic carbocycles. The van der Waals surface area contributed by atoms with E-state index in [0.717, 1.165) is 0 Å². The zero-order chi connectivity index (χ0) is 81.5. The molecule has 5 aliphatic rings. The summed E-state index contributed by atoms with van der Waals surface area (Å²) in [4.78, 5) is 115. The summed E-state index contributed by atoms with van der Waals surface area (Å²) in [6.07, 6.45) is -25.6. The minimum atomic E-state index is -2.85. The Morgan fingerprint density at radius 3 is 1.00 bits per heavy atom. The molecule has 0 aliphatic carbocycles. The summed E-state index contributed by atoms with van der Waals surface area (Å²) in [6.45, 7) is -2.70. The average Bonchev–Trinajstić information content (AvgIpc) is 0.968. The molecule has 0 aromatic heterocycles. The van der Waals surface area contributed by atoms with E-state index >= 15 is 0 Å². The Bertz CT molecular complexity index is 5510. The summed E-state index contributed by atoms with van der Waals surface area (Å²) >= 11 is 0. The predicted octanol–water partition coefficient (Wildman–Crippen LogP) is 1.75. The van der Waals surface area contributed by atoms with E-state index in [1.807, 2.05) is 0 Å². The number of phenols is 23. The van der Waals surface area contributed by atoms with Crippen molar-refractivity contribution in [2.45, 2.75) is 61.4 Å². The van der Waals surface area contributed by atoms with Gasteiger partial charge in [0.1, 0.15) is 43.2 Å². The van der Waals surface area contributed by atoms with Crippen molar-refractivity contribution < 1.29 is 218 Å². The lowest BCUT2D eigenvalue weighted by molar-refractivity contribution is -0.284. The molecule has 0 bridgehead atoms. The van der Waals surface area contributed by atoms with E-state index in [0.29, 0.717) is 48.5 Å². The summed E-state index contributed by atoms with van der Waals surface area (Å²) in [5.41, 5.74) is -16.2. The molecule has 44 heteroatoms. The number of carbonyl (C=O) groups excluding carboxylic acids is 8. The van der Waals surface area contributed by atoms with Crippen molar-refractivity contribution in [3.8, 4) is 177 Å². The zero-order valence-electron chi connectivity index (χ0n) is 54.8. The number of fused-ring (bicyclic) bond motifs is 13. The van der Waals surface area contributed by atoms with Crippen LogP contribution in [0.15, 0.2) is 54.6 Å². The van der Waals surface area contributed by atoms with Gasteiger partial charge in [-0.1, -0.05) is 0 Å². The topological polar surface area (TPSA) is 744 Å². The Balaban J connectivity index is 0.845. The van der Waals surface area contributed by atoms with Crippen molar-refractivity contribution in [2.75, 3.05) is 13.2 Å². The molecule has 10 atom stereocenters. The number of esters is 8. The molecule has 13 rings (SSSR count). The van der Waals surface area contributed by atoms with Crippen LogP contribution in [0.1, 0.15) is 82.9 Å². The molecule has 25 N–H and O–H groups in total. The summed E-state index contributed by atoms with van der Waals surface area (Å²) in [6, 6.07) is 3.21. The first-order valence-electron chi connectivity index (χ1n) is 31.2. The van der Waals surface area contributed by atoms with E-state index in [-0.39, 0.29) is 6.07 Å². The van der Waals surface area contributed by atoms with Crippen LogP contribution in [0.2, 0.25) is 0 Å². The number of aliphatic hydroxyl groups excluding tert-OH is 2. The van der Waals surface area contributed by atoms with Crippen LogP contribution >= 0.6 is 0 Å². The third-order valence-corrected chi connectivity index (χ3v) is 17.9. The number of hydrogen-bond acceptors (Lipinski definition) is 44. The van der Waals surface area contributed by atoms with Gasteiger partial charge in [0.05, 0.1) is 38.9 Å². The van der Waals surface area contributed by atoms with Crippen LogP contribution in [0.4, 0.5) is 0 Å². The van der Waals surface area contributed by atoms with Gasteiger partial charge in [0, 0.05) is 39.4 Å². The molecule has 584 valence electrons. The van der Waals surface area contributed by atoms with E-state index in [4.69, 9.17) is 52.1 Å². The minimum absolute atomic E-state index is 0.284. The van der Waals surface area contributed by atoms with E-state index in [2.05, 4.69) is 0 Å². The van der Waals surface area contributed by atoms with Crippen LogP contribution in [0.3, 0.4) is 0 Å². The summed E-state index contributed by atoms with van der Waals surface area (Å²) in [7, 11) is 0. The maximum absolute atomic E-state index is 14.9. The van der Waals surface area contributed by atoms with Gasteiger partial charge in [-0.2, -0.15) is 0 Å². The lowest BCUT2D eigenvalue weighted by Crippen LogP contribution is -2.63. The van der Waals surface area contributed by atoms with Crippen LogP contribution in [-0.4, -0.2) is 250 Å². The van der Waals surface area contributed by atoms with E-state index in [1.165, 1.54) is 0 Å². The van der Waals surface area contributed by atoms with Crippen LogP contribution in [-0.2, 0) is 47.4 Å². The van der Waals surface area contributed by atoms with Crippen LogP contribution in [0.5, 0.6) is 144 Å². The molecular formula is C68H48O44. The number of aliphatic hydroxyl groups is 2. The Morgan fingerprint density at radius 2 is 0.607 bits per heavy atom. The number of hydrogen-bond donors (Lipinski definition) is 25. The first kappa shape index (κ1) is 74.8. The quantitative estimate of drug-likeness (QED) is 0.0640. The average molecular weight is 1570 g/mol. The fourth-order valence-corrected chi connectivity index (χ4v) is 12.5. The first-order valence-corrected chi connectivity index (χ1v) is 31.2. The molecule has 44 nitrogen and oxygen atoms in total. The number of ether oxygens (including phenoxy) is 11. The monoisotopic (exact) mass is 1570 g/mol. The zero-order valence-corrected chi connectivity index (χ0v) is 54.8. The summed E-state index contributed by atoms with van der Waals surface area (Å²) < 4.78 is 61.2. The summed E-state index contributed by atoms with van der Waals surface area (Å²) in [5.74, 6) is -51.0. The van der Waals surface area contributed by atoms with Gasteiger partial charge in [-0.3, -0.25) is 0 Å². The van der Waals surface area contributed by atoms with Gasteiger partial charge in [-0.25, -0.2) is 38.4 Å². The van der Waals surface area contributed by atoms with Gasteiger partial charge in [-0.05, 0) is 48.5 Å². The highest BCUT2D eigenvalue weighted by Crippen LogP contribution is 2.58. The molecule has 10 unspecified atom stereocenters. The lowest BCUT2D eigenvalue weighted by Gasteiger charge is -2.44. The van der Waals surface area contributed by atoms with E-state index in [1.54, 1.807) is 0 Å². The first-order chi connectivity index (χ1) is 52.7. The van der Waals surface area contributed by atoms with Gasteiger partial charge in [-0.15, -0.1) is 0 Å². The molecule has 0 spiro atoms. The van der Waals surface area contributed by atoms with Gasteiger partial charge in [0.15, 0.2) is 110 Å². The summed E-state index contributed by atoms with van der Waals surface area (Å²) in [5, 5.41) is 273. The Labute approximate surface area is 614 Å². The maximum atomic E-state index is 14.9. The van der Waals surface area contributed by atoms with E-state index in [9.17, 15) is 166 Å². The van der Waals surface area contributed by atoms with Gasteiger partial charge in [0.25, 0.3) is 0 Å². The molecule has 5 aliphatic heterocycles. The van der Waals surface area contributed by atoms with E-state index < -0.39 is 344 Å². The molecule has 112 heavy (non-hydrogen) atoms. The van der Waals surface area contributed by atoms with Crippen molar-refractivity contribution in [1.29, 1.82) is 0 Å². The maximum Gasteiger partial charge on any atom is 0.344 e. The smallest absolute Gasteiger partial charge is 0.344 e. The van der Waals surface area contributed by atoms with Crippen molar-refractivity contribution >= 4 is 47.8 Å². The lowest BCUT2D eigenvalue weighted by atomic mass is 9.91. The molecule has 5 heterocycles. The molecule has 0 saturated carbocycles. The molecule has 2 saturated heterocycles. The fourth-order valence-electron chi connectivity index (χ4n) is 12.5. The SMILES string of the molecule is O=C(OC1OC2COC(=O)c3cc(O)c(O)c(O)c3-c3c(cc(O)c(O)c3O)C(=O)OC2C2OC(=O)c3cc(O)c(O)c(O)c3-c3c(cc(O)c(O)c3O)C(=O)OC12)c1cc(O)c(O)c(Oc2cc(C(=O)OC3OC4COC(=O)c5cc(O)c(O)c(O)c5-c5c(cc(O)c(O)c5O)C(=O)OC4C(O)C3O)c(O)c(O)c2O)c1. The number of benzene rings is 8. The molecule has 8 aromatic rings. The Kier molecular flexibility index (Phi) is 18.1.